The van der Waals surface area contributed by atoms with Crippen molar-refractivity contribution in [3.05, 3.63) is 41.5 Å². The average molecular weight is 1430 g/mol. The van der Waals surface area contributed by atoms with Crippen molar-refractivity contribution >= 4 is 76.9 Å². The summed E-state index contributed by atoms with van der Waals surface area (Å²) in [5.74, 6) is -12.7. The zero-order valence-electron chi connectivity index (χ0n) is 61.4. The molecule has 2 aliphatic carbocycles. The number of hydrogen-bond acceptors (Lipinski definition) is 15. The molecule has 2 aliphatic heterocycles. The van der Waals surface area contributed by atoms with Crippen LogP contribution in [0, 0.1) is 17.3 Å². The van der Waals surface area contributed by atoms with Crippen LogP contribution in [0.25, 0.3) is 0 Å². The summed E-state index contributed by atoms with van der Waals surface area (Å²) >= 11 is 0. The van der Waals surface area contributed by atoms with Gasteiger partial charge in [-0.25, -0.2) is 0 Å². The maximum atomic E-state index is 15.6. The van der Waals surface area contributed by atoms with Crippen molar-refractivity contribution in [2.75, 3.05) is 109 Å². The van der Waals surface area contributed by atoms with Crippen LogP contribution in [0.2, 0.25) is 0 Å². The molecule has 12 amide bonds. The number of allylic oxidation sites excluding steroid dienone is 1. The van der Waals surface area contributed by atoms with E-state index in [1.54, 1.807) is 46.8 Å². The van der Waals surface area contributed by atoms with E-state index in [-0.39, 0.29) is 83.4 Å². The minimum absolute atomic E-state index is 0.0409. The Kier molecular flexibility index (Phi) is 30.1. The van der Waals surface area contributed by atoms with E-state index in [1.807, 2.05) is 13.8 Å². The lowest BCUT2D eigenvalue weighted by Crippen LogP contribution is -2.71. The van der Waals surface area contributed by atoms with Crippen molar-refractivity contribution in [1.29, 1.82) is 0 Å². The van der Waals surface area contributed by atoms with Gasteiger partial charge in [0.15, 0.2) is 0 Å². The molecule has 1 aromatic carbocycles. The lowest BCUT2D eigenvalue weighted by Gasteiger charge is -2.54. The predicted octanol–water partition coefficient (Wildman–Crippen LogP) is 2.93. The van der Waals surface area contributed by atoms with Crippen LogP contribution in [-0.4, -0.2) is 283 Å². The first kappa shape index (κ1) is 83.3. The van der Waals surface area contributed by atoms with Gasteiger partial charge in [0.1, 0.15) is 53.6 Å². The number of likely N-dealkylation sites (N-methyl/N-ethyl adjacent to an activating group) is 7. The monoisotopic (exact) mass is 1430 g/mol. The second-order valence-electron chi connectivity index (χ2n) is 28.1. The summed E-state index contributed by atoms with van der Waals surface area (Å²) in [5.41, 5.74) is -3.03. The van der Waals surface area contributed by atoms with Gasteiger partial charge in [-0.3, -0.25) is 62.3 Å². The highest BCUT2D eigenvalue weighted by Crippen LogP contribution is 2.50. The third kappa shape index (κ3) is 21.1. The lowest BCUT2D eigenvalue weighted by atomic mass is 9.58. The van der Waals surface area contributed by atoms with Gasteiger partial charge in [0, 0.05) is 75.6 Å². The number of amides is 12. The summed E-state index contributed by atoms with van der Waals surface area (Å²) in [6.07, 6.45) is -0.308. The quantitative estimate of drug-likeness (QED) is 0.163. The molecule has 2 unspecified atom stereocenters. The smallest absolute Gasteiger partial charge is 0.419 e. The van der Waals surface area contributed by atoms with Gasteiger partial charge < -0.3 is 74.6 Å². The van der Waals surface area contributed by atoms with Crippen molar-refractivity contribution in [1.82, 2.24) is 60.0 Å². The van der Waals surface area contributed by atoms with Gasteiger partial charge in [0.05, 0.1) is 51.8 Å². The maximum Gasteiger partial charge on any atom is 0.419 e. The minimum Gasteiger partial charge on any atom is -0.496 e. The number of carbonyl (C=O) groups excluding carboxylic acids is 12. The zero-order valence-corrected chi connectivity index (χ0v) is 61.4. The van der Waals surface area contributed by atoms with Crippen LogP contribution in [0.4, 0.5) is 13.2 Å². The predicted molar refractivity (Wildman–Crippen MR) is 364 cm³/mol. The number of nitrogens with zero attached hydrogens (tertiary/aromatic N) is 9. The van der Waals surface area contributed by atoms with Crippen molar-refractivity contribution in [2.45, 2.75) is 192 Å². The van der Waals surface area contributed by atoms with Gasteiger partial charge >= 0.3 is 12.1 Å². The Bertz CT molecular complexity index is 3210. The van der Waals surface area contributed by atoms with E-state index in [0.717, 1.165) is 55.7 Å². The van der Waals surface area contributed by atoms with E-state index in [1.165, 1.54) is 63.1 Å². The first-order chi connectivity index (χ1) is 47.3. The summed E-state index contributed by atoms with van der Waals surface area (Å²) in [6, 6.07) is -7.00. The molecule has 2 saturated heterocycles. The third-order valence-corrected chi connectivity index (χ3v) is 20.1. The Hall–Kier alpha value is -8.38. The number of rotatable bonds is 17. The number of carboxylic acids is 1. The molecule has 0 bridgehead atoms. The van der Waals surface area contributed by atoms with Gasteiger partial charge in [-0.1, -0.05) is 65.2 Å². The molecule has 5 rings (SSSR count). The molecule has 4 N–H and O–H groups in total. The van der Waals surface area contributed by atoms with Crippen molar-refractivity contribution in [3.63, 3.8) is 0 Å². The highest BCUT2D eigenvalue weighted by molar-refractivity contribution is 6.01. The molecule has 1 spiro atoms. The molecule has 4 fully saturated rings. The molecule has 28 nitrogen and oxygen atoms in total. The van der Waals surface area contributed by atoms with Crippen LogP contribution < -0.4 is 20.7 Å². The Balaban J connectivity index is 1.67. The molecule has 8 atom stereocenters. The molecule has 2 saturated carbocycles. The minimum atomic E-state index is -4.79. The number of methoxy groups -OCH3 is 1. The van der Waals surface area contributed by atoms with E-state index in [4.69, 9.17) is 9.47 Å². The van der Waals surface area contributed by atoms with Gasteiger partial charge in [-0.2, -0.15) is 13.2 Å². The summed E-state index contributed by atoms with van der Waals surface area (Å²) in [5, 5.41) is 18.7. The molecule has 1 aromatic rings. The topological polar surface area (TPSA) is 326 Å². The number of fused-ring (bicyclic) bond motifs is 1. The number of carboxylic acid groups (broad SMARTS) is 1. The van der Waals surface area contributed by atoms with E-state index >= 15 is 19.2 Å². The van der Waals surface area contributed by atoms with Crippen molar-refractivity contribution < 1.29 is 90.1 Å². The SMILES string of the molecule is C/C=C\CCN1C(=O)CN(C)C(=O)CN(C)C(=O)C([C@@H](C)CC)NC(=O)[C@H](COCC)N(C)C(=O)C[C@@H](C(=O)N(C)CC)N(C)C(=O)[C@H](C2CCCC2)N(C)C(=O)C2(CC(C)(C)C2)NC(=O)[C@@H]2CCCN2C(=O)[C@H](CCc2ccc(C(F)(F)F)c(OC)c2)NC(=O)CN(C)C(=O)C1CC(=O)O. The number of benzene rings is 1. The number of ether oxygens (including phenoxy) is 2. The first-order valence-corrected chi connectivity index (χ1v) is 34.8. The Morgan fingerprint density at radius 3 is 1.98 bits per heavy atom. The molecule has 564 valence electrons. The van der Waals surface area contributed by atoms with Crippen LogP contribution in [0.15, 0.2) is 30.4 Å². The largest absolute Gasteiger partial charge is 0.496 e. The van der Waals surface area contributed by atoms with E-state index in [9.17, 15) is 61.4 Å². The fraction of sp³-hybridized carbons (Fsp3) is 0.700. The highest BCUT2D eigenvalue weighted by Gasteiger charge is 2.59. The van der Waals surface area contributed by atoms with Gasteiger partial charge in [0.25, 0.3) is 0 Å². The number of aryl methyl sites for hydroxylation is 1. The lowest BCUT2D eigenvalue weighted by molar-refractivity contribution is -0.161. The van der Waals surface area contributed by atoms with Crippen molar-refractivity contribution in [3.8, 4) is 5.75 Å². The van der Waals surface area contributed by atoms with Gasteiger partial charge in [0.2, 0.25) is 70.9 Å². The Morgan fingerprint density at radius 2 is 1.41 bits per heavy atom. The van der Waals surface area contributed by atoms with Crippen molar-refractivity contribution in [2.24, 2.45) is 17.3 Å². The van der Waals surface area contributed by atoms with Crippen LogP contribution in [0.1, 0.15) is 143 Å². The van der Waals surface area contributed by atoms with Crippen LogP contribution in [-0.2, 0) is 79.7 Å². The van der Waals surface area contributed by atoms with E-state index in [0.29, 0.717) is 32.1 Å². The third-order valence-electron chi connectivity index (χ3n) is 20.1. The number of carbonyl (C=O) groups is 13. The van der Waals surface area contributed by atoms with Crippen LogP contribution in [0.5, 0.6) is 5.75 Å². The second-order valence-corrected chi connectivity index (χ2v) is 28.1. The van der Waals surface area contributed by atoms with Gasteiger partial charge in [-0.15, -0.1) is 0 Å². The molecule has 2 heterocycles. The molecule has 0 radical (unpaired) electrons. The summed E-state index contributed by atoms with van der Waals surface area (Å²) in [6.45, 7) is 9.57. The van der Waals surface area contributed by atoms with Crippen LogP contribution >= 0.6 is 0 Å². The standard InChI is InChI=1S/C70H107F3N12O16/c1-16-20-23-32-84-50(36-57(90)91)64(96)79(10)37-53(86)74-47(31-29-44-28-30-46(70(71,72)73)52(34-44)100-15)62(94)85-33-24-27-48(85)61(93)76-69(41-68(6,7)42-69)67(99)83(14)59(45-25-21-22-26-45)66(98)82(13)49(63(95)77(8)18-3)35-54(87)81(12)51(40-101-19-4)60(92)75-58(43(5)17-2)65(97)80(11)38-55(88)78(9)39-56(84)89/h16,20,28,30,34,43,45,47-51,58-59H,17-19,21-27,29,31-33,35-42H2,1-15H3,(H,74,86)(H,75,92)(H,76,93)(H,90,91)/b20-16-/t43-,47-,48-,49-,50?,51-,58?,59-/m0/s1. The Labute approximate surface area is 590 Å². The molecule has 101 heavy (non-hydrogen) atoms. The summed E-state index contributed by atoms with van der Waals surface area (Å²) < 4.78 is 52.9. The summed E-state index contributed by atoms with van der Waals surface area (Å²) in [7, 11) is 10.4. The molecular formula is C70H107F3N12O16. The molecule has 31 heteroatoms. The summed E-state index contributed by atoms with van der Waals surface area (Å²) in [4.78, 5) is 200. The molecule has 0 aromatic heterocycles. The molecule has 4 aliphatic rings. The second kappa shape index (κ2) is 36.5. The zero-order chi connectivity index (χ0) is 75.8. The number of alkyl halides is 3. The van der Waals surface area contributed by atoms with Crippen LogP contribution in [0.3, 0.4) is 0 Å². The van der Waals surface area contributed by atoms with Gasteiger partial charge in [-0.05, 0) is 114 Å². The van der Waals surface area contributed by atoms with E-state index < -0.39 is 192 Å². The Morgan fingerprint density at radius 1 is 0.772 bits per heavy atom. The number of hydrogen-bond donors (Lipinski definition) is 4. The molecular weight excluding hydrogens is 1320 g/mol. The normalized spacial score (nSPS) is 25.0. The first-order valence-electron chi connectivity index (χ1n) is 34.8. The number of nitrogens with one attached hydrogen (secondary N) is 3. The average Bonchev–Trinajstić information content (AvgIpc) is 1.25. The van der Waals surface area contributed by atoms with E-state index in [2.05, 4.69) is 16.0 Å². The highest BCUT2D eigenvalue weighted by atomic mass is 19.4. The fourth-order valence-electron chi connectivity index (χ4n) is 14.1. The number of aliphatic carboxylic acids is 1. The maximum absolute atomic E-state index is 15.6. The fourth-order valence-corrected chi connectivity index (χ4v) is 14.1. The number of halogens is 3.